The molecule has 19 heavy (non-hydrogen) atoms. The number of aryl methyl sites for hydroxylation is 1. The number of hydrogen-bond donors (Lipinski definition) is 1. The molecular weight excluding hydrogens is 242 g/mol. The summed E-state index contributed by atoms with van der Waals surface area (Å²) in [7, 11) is 3.50. The van der Waals surface area contributed by atoms with Gasteiger partial charge in [-0.1, -0.05) is 12.1 Å². The van der Waals surface area contributed by atoms with Crippen molar-refractivity contribution in [1.29, 1.82) is 0 Å². The van der Waals surface area contributed by atoms with Gasteiger partial charge in [-0.25, -0.2) is 0 Å². The number of carbonyl (C=O) groups is 1. The van der Waals surface area contributed by atoms with Crippen LogP contribution in [0.2, 0.25) is 0 Å². The van der Waals surface area contributed by atoms with Crippen LogP contribution in [0, 0.1) is 0 Å². The molecule has 2 aromatic rings. The summed E-state index contributed by atoms with van der Waals surface area (Å²) in [6, 6.07) is 8.48. The Morgan fingerprint density at radius 3 is 2.47 bits per heavy atom. The summed E-state index contributed by atoms with van der Waals surface area (Å²) in [5, 5.41) is 13.3. The van der Waals surface area contributed by atoms with Gasteiger partial charge >= 0.3 is 0 Å². The Kier molecular flexibility index (Phi) is 3.55. The second-order valence-corrected chi connectivity index (χ2v) is 4.52. The third-order valence-electron chi connectivity index (χ3n) is 3.32. The van der Waals surface area contributed by atoms with Gasteiger partial charge < -0.3 is 10.0 Å². The Balaban J connectivity index is 2.19. The maximum Gasteiger partial charge on any atom is 0.272 e. The smallest absolute Gasteiger partial charge is 0.272 e. The van der Waals surface area contributed by atoms with E-state index in [1.807, 2.05) is 19.1 Å². The molecule has 1 N–H and O–H groups in total. The van der Waals surface area contributed by atoms with Gasteiger partial charge in [0.25, 0.3) is 5.91 Å². The lowest BCUT2D eigenvalue weighted by Crippen LogP contribution is -2.31. The lowest BCUT2D eigenvalue weighted by Gasteiger charge is -2.25. The molecule has 1 amide bonds. The summed E-state index contributed by atoms with van der Waals surface area (Å²) in [6.45, 7) is 1.95. The quantitative estimate of drug-likeness (QED) is 0.916. The molecular formula is C14H17N3O2. The fourth-order valence-corrected chi connectivity index (χ4v) is 1.92. The Hall–Kier alpha value is -2.30. The highest BCUT2D eigenvalue weighted by molar-refractivity contribution is 5.92. The number of aromatic hydroxyl groups is 1. The van der Waals surface area contributed by atoms with Crippen molar-refractivity contribution in [2.24, 2.45) is 7.05 Å². The maximum atomic E-state index is 12.3. The number of rotatable bonds is 3. The van der Waals surface area contributed by atoms with Gasteiger partial charge in [-0.2, -0.15) is 5.10 Å². The summed E-state index contributed by atoms with van der Waals surface area (Å²) < 4.78 is 1.56. The largest absolute Gasteiger partial charge is 0.508 e. The van der Waals surface area contributed by atoms with Crippen molar-refractivity contribution in [3.8, 4) is 5.75 Å². The van der Waals surface area contributed by atoms with Crippen LogP contribution in [0.4, 0.5) is 0 Å². The van der Waals surface area contributed by atoms with E-state index in [-0.39, 0.29) is 17.7 Å². The molecule has 0 aliphatic heterocycles. The number of aromatic nitrogens is 2. The molecule has 0 aliphatic carbocycles. The van der Waals surface area contributed by atoms with Crippen molar-refractivity contribution in [3.05, 3.63) is 47.8 Å². The van der Waals surface area contributed by atoms with Gasteiger partial charge in [0.15, 0.2) is 0 Å². The van der Waals surface area contributed by atoms with E-state index in [1.54, 1.807) is 48.1 Å². The molecule has 0 fully saturated rings. The highest BCUT2D eigenvalue weighted by Crippen LogP contribution is 2.22. The Bertz CT molecular complexity index is 575. The van der Waals surface area contributed by atoms with E-state index in [2.05, 4.69) is 5.10 Å². The minimum Gasteiger partial charge on any atom is -0.508 e. The molecule has 0 bridgehead atoms. The van der Waals surface area contributed by atoms with Gasteiger partial charge in [-0.3, -0.25) is 9.48 Å². The van der Waals surface area contributed by atoms with Gasteiger partial charge in [0, 0.05) is 20.3 Å². The van der Waals surface area contributed by atoms with Crippen molar-refractivity contribution in [1.82, 2.24) is 14.7 Å². The first-order valence-corrected chi connectivity index (χ1v) is 6.05. The zero-order valence-corrected chi connectivity index (χ0v) is 11.2. The molecule has 0 aliphatic rings. The van der Waals surface area contributed by atoms with E-state index in [1.165, 1.54) is 0 Å². The Morgan fingerprint density at radius 2 is 1.95 bits per heavy atom. The van der Waals surface area contributed by atoms with Gasteiger partial charge in [0.2, 0.25) is 0 Å². The van der Waals surface area contributed by atoms with E-state index < -0.39 is 0 Å². The molecule has 1 heterocycles. The maximum absolute atomic E-state index is 12.3. The molecule has 5 nitrogen and oxygen atoms in total. The fourth-order valence-electron chi connectivity index (χ4n) is 1.92. The minimum atomic E-state index is -0.0828. The molecule has 0 spiro atoms. The number of benzene rings is 1. The van der Waals surface area contributed by atoms with Gasteiger partial charge in [0.05, 0.1) is 6.04 Å². The Morgan fingerprint density at radius 1 is 1.32 bits per heavy atom. The SMILES string of the molecule is CC(c1ccc(O)cc1)N(C)C(=O)c1ccnn1C. The van der Waals surface area contributed by atoms with Crippen LogP contribution < -0.4 is 0 Å². The average molecular weight is 259 g/mol. The minimum absolute atomic E-state index is 0.0806. The fraction of sp³-hybridized carbons (Fsp3) is 0.286. The summed E-state index contributed by atoms with van der Waals surface area (Å²) in [5.41, 5.74) is 1.52. The topological polar surface area (TPSA) is 58.4 Å². The number of phenols is 1. The second kappa shape index (κ2) is 5.14. The van der Waals surface area contributed by atoms with Crippen molar-refractivity contribution >= 4 is 5.91 Å². The number of hydrogen-bond acceptors (Lipinski definition) is 3. The van der Waals surface area contributed by atoms with Crippen LogP contribution in [-0.4, -0.2) is 32.7 Å². The summed E-state index contributed by atoms with van der Waals surface area (Å²) in [6.07, 6.45) is 1.60. The summed E-state index contributed by atoms with van der Waals surface area (Å²) in [5.74, 6) is 0.136. The molecule has 1 atom stereocenters. The molecule has 1 aromatic carbocycles. The van der Waals surface area contributed by atoms with Crippen LogP contribution in [0.1, 0.15) is 29.0 Å². The zero-order chi connectivity index (χ0) is 14.0. The van der Waals surface area contributed by atoms with Crippen molar-refractivity contribution in [3.63, 3.8) is 0 Å². The molecule has 1 unspecified atom stereocenters. The normalized spacial score (nSPS) is 12.2. The molecule has 5 heteroatoms. The average Bonchev–Trinajstić information content (AvgIpc) is 2.83. The van der Waals surface area contributed by atoms with Crippen molar-refractivity contribution in [2.75, 3.05) is 7.05 Å². The Labute approximate surface area is 112 Å². The molecule has 0 saturated carbocycles. The zero-order valence-electron chi connectivity index (χ0n) is 11.2. The van der Waals surface area contributed by atoms with Crippen molar-refractivity contribution < 1.29 is 9.90 Å². The predicted molar refractivity (Wildman–Crippen MR) is 71.8 cm³/mol. The molecule has 100 valence electrons. The molecule has 1 aromatic heterocycles. The van der Waals surface area contributed by atoms with E-state index in [0.717, 1.165) is 5.56 Å². The van der Waals surface area contributed by atoms with Gasteiger partial charge in [-0.15, -0.1) is 0 Å². The summed E-state index contributed by atoms with van der Waals surface area (Å²) in [4.78, 5) is 14.0. The lowest BCUT2D eigenvalue weighted by molar-refractivity contribution is 0.0731. The lowest BCUT2D eigenvalue weighted by atomic mass is 10.1. The van der Waals surface area contributed by atoms with Gasteiger partial charge in [0.1, 0.15) is 11.4 Å². The van der Waals surface area contributed by atoms with Gasteiger partial charge in [-0.05, 0) is 30.7 Å². The highest BCUT2D eigenvalue weighted by atomic mass is 16.3. The first kappa shape index (κ1) is 13.1. The second-order valence-electron chi connectivity index (χ2n) is 4.52. The van der Waals surface area contributed by atoms with Crippen LogP contribution in [0.25, 0.3) is 0 Å². The van der Waals surface area contributed by atoms with Crippen LogP contribution in [0.15, 0.2) is 36.5 Å². The van der Waals surface area contributed by atoms with Crippen LogP contribution in [0.3, 0.4) is 0 Å². The van der Waals surface area contributed by atoms with Crippen LogP contribution >= 0.6 is 0 Å². The number of amides is 1. The van der Waals surface area contributed by atoms with E-state index in [4.69, 9.17) is 0 Å². The third kappa shape index (κ3) is 2.59. The first-order valence-electron chi connectivity index (χ1n) is 6.05. The first-order chi connectivity index (χ1) is 9.00. The van der Waals surface area contributed by atoms with Crippen LogP contribution in [0.5, 0.6) is 5.75 Å². The number of carbonyl (C=O) groups excluding carboxylic acids is 1. The highest BCUT2D eigenvalue weighted by Gasteiger charge is 2.20. The number of phenolic OH excluding ortho intramolecular Hbond substituents is 1. The monoisotopic (exact) mass is 259 g/mol. The molecule has 0 saturated heterocycles. The number of nitrogens with zero attached hydrogens (tertiary/aromatic N) is 3. The predicted octanol–water partition coefficient (Wildman–Crippen LogP) is 1.96. The molecule has 0 radical (unpaired) electrons. The standard InChI is InChI=1S/C14H17N3O2/c1-10(11-4-6-12(18)7-5-11)16(2)14(19)13-8-9-15-17(13)3/h4-10,18H,1-3H3. The molecule has 2 rings (SSSR count). The van der Waals surface area contributed by atoms with E-state index in [0.29, 0.717) is 5.69 Å². The van der Waals surface area contributed by atoms with Crippen molar-refractivity contribution in [2.45, 2.75) is 13.0 Å². The van der Waals surface area contributed by atoms with E-state index >= 15 is 0 Å². The van der Waals surface area contributed by atoms with Crippen LogP contribution in [-0.2, 0) is 7.05 Å². The third-order valence-corrected chi connectivity index (χ3v) is 3.32. The van der Waals surface area contributed by atoms with E-state index in [9.17, 15) is 9.90 Å². The summed E-state index contributed by atoms with van der Waals surface area (Å²) >= 11 is 0.